The van der Waals surface area contributed by atoms with Gasteiger partial charge in [-0.1, -0.05) is 37.9 Å². The molecule has 0 N–H and O–H groups in total. The number of anilines is 1. The average Bonchev–Trinajstić information content (AvgIpc) is 3.01. The third kappa shape index (κ3) is 2.77. The van der Waals surface area contributed by atoms with E-state index in [1.54, 1.807) is 0 Å². The molecule has 136 valence electrons. The monoisotopic (exact) mass is 491 g/mol. The van der Waals surface area contributed by atoms with Gasteiger partial charge in [0.15, 0.2) is 0 Å². The molecule has 3 aromatic carbocycles. The smallest absolute Gasteiger partial charge is 0.202 e. The summed E-state index contributed by atoms with van der Waals surface area (Å²) in [5, 5.41) is 0. The van der Waals surface area contributed by atoms with E-state index in [0.717, 1.165) is 44.3 Å². The molecular formula is C21H13Br2F2NO. The first kappa shape index (κ1) is 17.2. The SMILES string of the molecule is Fc1ccc(F)c([C@@H]2Oc3cc(Br)ccc3[C@H]3Cc4cc(Br)ccc4N32)c1. The molecular weight excluding hydrogens is 480 g/mol. The topological polar surface area (TPSA) is 12.5 Å². The zero-order chi connectivity index (χ0) is 18.7. The highest BCUT2D eigenvalue weighted by Crippen LogP contribution is 2.52. The Bertz CT molecular complexity index is 1070. The number of benzene rings is 3. The Balaban J connectivity index is 1.72. The summed E-state index contributed by atoms with van der Waals surface area (Å²) in [6.45, 7) is 0. The third-order valence-corrected chi connectivity index (χ3v) is 6.11. The van der Waals surface area contributed by atoms with Crippen LogP contribution in [0.4, 0.5) is 14.5 Å². The average molecular weight is 493 g/mol. The second-order valence-electron chi connectivity index (χ2n) is 6.72. The zero-order valence-electron chi connectivity index (χ0n) is 13.9. The van der Waals surface area contributed by atoms with E-state index >= 15 is 0 Å². The van der Waals surface area contributed by atoms with Gasteiger partial charge in [0.1, 0.15) is 17.4 Å². The highest BCUT2D eigenvalue weighted by Gasteiger charge is 2.43. The molecule has 2 nitrogen and oxygen atoms in total. The van der Waals surface area contributed by atoms with Crippen LogP contribution in [0.2, 0.25) is 0 Å². The fourth-order valence-electron chi connectivity index (χ4n) is 3.97. The lowest BCUT2D eigenvalue weighted by atomic mass is 9.99. The maximum Gasteiger partial charge on any atom is 0.202 e. The Hall–Kier alpha value is -1.92. The number of fused-ring (bicyclic) bond motifs is 5. The van der Waals surface area contributed by atoms with E-state index in [0.29, 0.717) is 5.75 Å². The molecule has 0 fully saturated rings. The second kappa shape index (κ2) is 6.31. The minimum atomic E-state index is -0.741. The van der Waals surface area contributed by atoms with Crippen molar-refractivity contribution >= 4 is 37.5 Å². The number of rotatable bonds is 1. The molecule has 0 unspecified atom stereocenters. The molecule has 0 aliphatic carbocycles. The first-order chi connectivity index (χ1) is 13.0. The molecule has 0 bridgehead atoms. The maximum absolute atomic E-state index is 14.6. The van der Waals surface area contributed by atoms with E-state index in [2.05, 4.69) is 42.8 Å². The Kier molecular flexibility index (Phi) is 4.02. The van der Waals surface area contributed by atoms with Crippen molar-refractivity contribution in [3.05, 3.63) is 91.9 Å². The summed E-state index contributed by atoms with van der Waals surface area (Å²) < 4.78 is 36.6. The van der Waals surface area contributed by atoms with Gasteiger partial charge in [-0.05, 0) is 60.5 Å². The summed E-state index contributed by atoms with van der Waals surface area (Å²) in [4.78, 5) is 2.05. The first-order valence-electron chi connectivity index (χ1n) is 8.49. The summed E-state index contributed by atoms with van der Waals surface area (Å²) >= 11 is 6.99. The van der Waals surface area contributed by atoms with Gasteiger partial charge in [0.05, 0.1) is 11.6 Å². The number of halogens is 4. The fourth-order valence-corrected chi connectivity index (χ4v) is 4.72. The van der Waals surface area contributed by atoms with Crippen molar-refractivity contribution < 1.29 is 13.5 Å². The van der Waals surface area contributed by atoms with Crippen LogP contribution in [-0.4, -0.2) is 0 Å². The van der Waals surface area contributed by atoms with E-state index in [1.165, 1.54) is 6.07 Å². The summed E-state index contributed by atoms with van der Waals surface area (Å²) in [6.07, 6.45) is 0.0372. The lowest BCUT2D eigenvalue weighted by Gasteiger charge is -2.41. The molecule has 0 amide bonds. The lowest BCUT2D eigenvalue weighted by molar-refractivity contribution is 0.162. The van der Waals surface area contributed by atoms with Crippen LogP contribution in [0, 0.1) is 11.6 Å². The van der Waals surface area contributed by atoms with Crippen LogP contribution in [-0.2, 0) is 6.42 Å². The van der Waals surface area contributed by atoms with Crippen molar-refractivity contribution in [2.24, 2.45) is 0 Å². The van der Waals surface area contributed by atoms with Crippen LogP contribution < -0.4 is 9.64 Å². The van der Waals surface area contributed by atoms with Gasteiger partial charge in [-0.2, -0.15) is 0 Å². The Morgan fingerprint density at radius 1 is 0.889 bits per heavy atom. The van der Waals surface area contributed by atoms with Crippen LogP contribution in [0.1, 0.15) is 29.0 Å². The molecule has 0 saturated carbocycles. The summed E-state index contributed by atoms with van der Waals surface area (Å²) in [5.41, 5.74) is 3.36. The predicted octanol–water partition coefficient (Wildman–Crippen LogP) is 6.68. The Morgan fingerprint density at radius 2 is 1.67 bits per heavy atom. The molecule has 27 heavy (non-hydrogen) atoms. The van der Waals surface area contributed by atoms with Gasteiger partial charge < -0.3 is 9.64 Å². The predicted molar refractivity (Wildman–Crippen MR) is 107 cm³/mol. The zero-order valence-corrected chi connectivity index (χ0v) is 17.1. The Labute approximate surface area is 172 Å². The van der Waals surface area contributed by atoms with Gasteiger partial charge in [-0.15, -0.1) is 0 Å². The molecule has 2 aliphatic heterocycles. The van der Waals surface area contributed by atoms with Crippen LogP contribution >= 0.6 is 31.9 Å². The quantitative estimate of drug-likeness (QED) is 0.375. The van der Waals surface area contributed by atoms with Crippen LogP contribution in [0.5, 0.6) is 5.75 Å². The highest BCUT2D eigenvalue weighted by atomic mass is 79.9. The van der Waals surface area contributed by atoms with E-state index in [-0.39, 0.29) is 11.6 Å². The van der Waals surface area contributed by atoms with E-state index in [4.69, 9.17) is 4.74 Å². The van der Waals surface area contributed by atoms with Crippen molar-refractivity contribution in [1.82, 2.24) is 0 Å². The number of ether oxygens (including phenoxy) is 1. The van der Waals surface area contributed by atoms with E-state index in [1.807, 2.05) is 30.3 Å². The highest BCUT2D eigenvalue weighted by molar-refractivity contribution is 9.10. The largest absolute Gasteiger partial charge is 0.466 e. The molecule has 2 aliphatic rings. The van der Waals surface area contributed by atoms with Crippen molar-refractivity contribution in [2.45, 2.75) is 18.7 Å². The maximum atomic E-state index is 14.6. The molecule has 0 spiro atoms. The van der Waals surface area contributed by atoms with Crippen LogP contribution in [0.3, 0.4) is 0 Å². The van der Waals surface area contributed by atoms with Gasteiger partial charge in [-0.3, -0.25) is 0 Å². The van der Waals surface area contributed by atoms with E-state index < -0.39 is 17.9 Å². The standard InChI is InChI=1S/C21H13Br2F2NO/c22-12-2-6-18-11(7-12)8-19-15-4-1-13(23)9-20(15)27-21(26(18)19)16-10-14(24)3-5-17(16)25/h1-7,9-10,19,21H,8H2/t19-,21+/m1/s1. The minimum absolute atomic E-state index is 0.00110. The summed E-state index contributed by atoms with van der Waals surface area (Å²) in [7, 11) is 0. The fraction of sp³-hybridized carbons (Fsp3) is 0.143. The molecule has 0 radical (unpaired) electrons. The molecule has 0 saturated heterocycles. The van der Waals surface area contributed by atoms with Gasteiger partial charge in [-0.25, -0.2) is 8.78 Å². The normalized spacial score (nSPS) is 19.9. The van der Waals surface area contributed by atoms with Crippen molar-refractivity contribution in [1.29, 1.82) is 0 Å². The van der Waals surface area contributed by atoms with E-state index in [9.17, 15) is 8.78 Å². The van der Waals surface area contributed by atoms with Crippen molar-refractivity contribution in [2.75, 3.05) is 4.90 Å². The molecule has 5 rings (SSSR count). The lowest BCUT2D eigenvalue weighted by Crippen LogP contribution is -2.38. The summed E-state index contributed by atoms with van der Waals surface area (Å²) in [5.74, 6) is -0.280. The molecule has 6 heteroatoms. The van der Waals surface area contributed by atoms with Gasteiger partial charge >= 0.3 is 0 Å². The minimum Gasteiger partial charge on any atom is -0.466 e. The summed E-state index contributed by atoms with van der Waals surface area (Å²) in [6, 6.07) is 15.4. The third-order valence-electron chi connectivity index (χ3n) is 5.12. The molecule has 3 aromatic rings. The van der Waals surface area contributed by atoms with Crippen LogP contribution in [0.25, 0.3) is 0 Å². The van der Waals surface area contributed by atoms with Crippen molar-refractivity contribution in [3.8, 4) is 5.75 Å². The molecule has 2 atom stereocenters. The van der Waals surface area contributed by atoms with Gasteiger partial charge in [0.2, 0.25) is 6.23 Å². The number of nitrogens with zero attached hydrogens (tertiary/aromatic N) is 1. The van der Waals surface area contributed by atoms with Gasteiger partial charge in [0, 0.05) is 20.2 Å². The Morgan fingerprint density at radius 3 is 2.52 bits per heavy atom. The second-order valence-corrected chi connectivity index (χ2v) is 8.55. The molecule has 2 heterocycles. The van der Waals surface area contributed by atoms with Crippen molar-refractivity contribution in [3.63, 3.8) is 0 Å². The van der Waals surface area contributed by atoms with Gasteiger partial charge in [0.25, 0.3) is 0 Å². The number of hydrogen-bond donors (Lipinski definition) is 0. The molecule has 0 aromatic heterocycles. The van der Waals surface area contributed by atoms with Crippen LogP contribution in [0.15, 0.2) is 63.5 Å². The number of hydrogen-bond acceptors (Lipinski definition) is 2. The first-order valence-corrected chi connectivity index (χ1v) is 10.1.